The molecule has 0 radical (unpaired) electrons. The molecule has 7 nitrogen and oxygen atoms in total. The summed E-state index contributed by atoms with van der Waals surface area (Å²) < 4.78 is 6.40. The Labute approximate surface area is 183 Å². The molecule has 2 aromatic carbocycles. The van der Waals surface area contributed by atoms with Crippen LogP contribution in [-0.2, 0) is 9.59 Å². The monoisotopic (exact) mass is 471 g/mol. The molecule has 0 aromatic heterocycles. The van der Waals surface area contributed by atoms with Crippen LogP contribution in [0.4, 0.5) is 10.5 Å². The lowest BCUT2D eigenvalue weighted by Crippen LogP contribution is -2.38. The molecule has 1 fully saturated rings. The first kappa shape index (κ1) is 21.6. The van der Waals surface area contributed by atoms with Crippen LogP contribution in [-0.4, -0.2) is 35.4 Å². The fraction of sp³-hybridized carbons (Fsp3) is 0.227. The molecular weight excluding hydrogens is 450 g/mol. The fourth-order valence-electron chi connectivity index (χ4n) is 2.82. The first-order valence-corrected chi connectivity index (χ1v) is 10.2. The second-order valence-electron chi connectivity index (χ2n) is 7.15. The Bertz CT molecular complexity index is 1020. The van der Waals surface area contributed by atoms with Gasteiger partial charge in [0.25, 0.3) is 5.91 Å². The Balaban J connectivity index is 1.68. The Hall–Kier alpha value is -3.13. The van der Waals surface area contributed by atoms with E-state index in [4.69, 9.17) is 4.74 Å². The van der Waals surface area contributed by atoms with Crippen molar-refractivity contribution in [2.75, 3.05) is 11.9 Å². The summed E-state index contributed by atoms with van der Waals surface area (Å²) in [5.41, 5.74) is 2.47. The van der Waals surface area contributed by atoms with E-state index in [2.05, 4.69) is 26.6 Å². The van der Waals surface area contributed by atoms with Crippen LogP contribution >= 0.6 is 15.9 Å². The van der Waals surface area contributed by atoms with E-state index in [1.165, 1.54) is 0 Å². The molecule has 1 saturated heterocycles. The highest BCUT2D eigenvalue weighted by Gasteiger charge is 2.34. The SMILES string of the molecule is Cc1ccc(NC(=O)CN2C(=O)N/C(=C/c3ccc(OC(C)C)c(Br)c3)C2=O)cc1. The van der Waals surface area contributed by atoms with Gasteiger partial charge in [-0.2, -0.15) is 0 Å². The molecule has 8 heteroatoms. The highest BCUT2D eigenvalue weighted by molar-refractivity contribution is 9.10. The van der Waals surface area contributed by atoms with Crippen molar-refractivity contribution in [2.24, 2.45) is 0 Å². The lowest BCUT2D eigenvalue weighted by Gasteiger charge is -2.12. The third-order valence-electron chi connectivity index (χ3n) is 4.23. The van der Waals surface area contributed by atoms with Crippen molar-refractivity contribution in [3.8, 4) is 5.75 Å². The topological polar surface area (TPSA) is 87.7 Å². The molecule has 30 heavy (non-hydrogen) atoms. The van der Waals surface area contributed by atoms with Crippen LogP contribution in [0.3, 0.4) is 0 Å². The molecule has 1 aliphatic rings. The van der Waals surface area contributed by atoms with Crippen LogP contribution in [0.25, 0.3) is 6.08 Å². The minimum Gasteiger partial charge on any atom is -0.490 e. The highest BCUT2D eigenvalue weighted by atomic mass is 79.9. The van der Waals surface area contributed by atoms with Crippen molar-refractivity contribution in [2.45, 2.75) is 26.9 Å². The second-order valence-corrected chi connectivity index (χ2v) is 8.00. The van der Waals surface area contributed by atoms with Crippen molar-refractivity contribution in [3.05, 3.63) is 63.8 Å². The predicted octanol–water partition coefficient (Wildman–Crippen LogP) is 4.08. The van der Waals surface area contributed by atoms with Crippen molar-refractivity contribution < 1.29 is 19.1 Å². The number of hydrogen-bond donors (Lipinski definition) is 2. The quantitative estimate of drug-likeness (QED) is 0.490. The summed E-state index contributed by atoms with van der Waals surface area (Å²) >= 11 is 3.44. The number of ether oxygens (including phenoxy) is 1. The second kappa shape index (κ2) is 9.13. The number of aryl methyl sites for hydroxylation is 1. The van der Waals surface area contributed by atoms with Crippen LogP contribution in [0, 0.1) is 6.92 Å². The van der Waals surface area contributed by atoms with Gasteiger partial charge >= 0.3 is 6.03 Å². The van der Waals surface area contributed by atoms with Gasteiger partial charge in [0.05, 0.1) is 10.6 Å². The van der Waals surface area contributed by atoms with E-state index < -0.39 is 17.8 Å². The maximum Gasteiger partial charge on any atom is 0.329 e. The van der Waals surface area contributed by atoms with Gasteiger partial charge in [0.2, 0.25) is 5.91 Å². The molecule has 0 aliphatic carbocycles. The van der Waals surface area contributed by atoms with Gasteiger partial charge in [-0.25, -0.2) is 9.69 Å². The number of imide groups is 1. The number of nitrogens with one attached hydrogen (secondary N) is 2. The third kappa shape index (κ3) is 5.27. The molecule has 1 aliphatic heterocycles. The minimum atomic E-state index is -0.635. The third-order valence-corrected chi connectivity index (χ3v) is 4.85. The number of carbonyl (C=O) groups excluding carboxylic acids is 3. The fourth-order valence-corrected chi connectivity index (χ4v) is 3.31. The summed E-state index contributed by atoms with van der Waals surface area (Å²) in [4.78, 5) is 37.9. The Morgan fingerprint density at radius 1 is 1.20 bits per heavy atom. The average molecular weight is 472 g/mol. The average Bonchev–Trinajstić information content (AvgIpc) is 2.93. The van der Waals surface area contributed by atoms with Crippen molar-refractivity contribution >= 4 is 45.5 Å². The molecule has 4 amide bonds. The van der Waals surface area contributed by atoms with E-state index in [0.29, 0.717) is 17.0 Å². The standard InChI is InChI=1S/C22H22BrN3O4/c1-13(2)30-19-9-6-15(10-17(19)23)11-18-21(28)26(22(29)25-18)12-20(27)24-16-7-4-14(3)5-8-16/h4-11,13H,12H2,1-3H3,(H,24,27)(H,25,29)/b18-11+. The Morgan fingerprint density at radius 3 is 2.53 bits per heavy atom. The van der Waals surface area contributed by atoms with Crippen LogP contribution in [0.2, 0.25) is 0 Å². The molecule has 2 aromatic rings. The number of amides is 4. The number of benzene rings is 2. The lowest BCUT2D eigenvalue weighted by atomic mass is 10.2. The molecule has 2 N–H and O–H groups in total. The Kier molecular flexibility index (Phi) is 6.56. The highest BCUT2D eigenvalue weighted by Crippen LogP contribution is 2.28. The minimum absolute atomic E-state index is 0.0285. The first-order valence-electron chi connectivity index (χ1n) is 9.40. The summed E-state index contributed by atoms with van der Waals surface area (Å²) in [6.45, 7) is 5.42. The number of anilines is 1. The van der Waals surface area contributed by atoms with E-state index in [-0.39, 0.29) is 18.3 Å². The van der Waals surface area contributed by atoms with E-state index in [9.17, 15) is 14.4 Å². The number of hydrogen-bond acceptors (Lipinski definition) is 4. The van der Waals surface area contributed by atoms with Gasteiger partial charge in [0.1, 0.15) is 18.0 Å². The van der Waals surface area contributed by atoms with Crippen molar-refractivity contribution in [3.63, 3.8) is 0 Å². The summed E-state index contributed by atoms with van der Waals surface area (Å²) in [6.07, 6.45) is 1.59. The largest absolute Gasteiger partial charge is 0.490 e. The summed E-state index contributed by atoms with van der Waals surface area (Å²) in [7, 11) is 0. The number of nitrogens with zero attached hydrogens (tertiary/aromatic N) is 1. The zero-order valence-corrected chi connectivity index (χ0v) is 18.4. The predicted molar refractivity (Wildman–Crippen MR) is 118 cm³/mol. The molecule has 3 rings (SSSR count). The maximum atomic E-state index is 12.6. The molecule has 0 bridgehead atoms. The van der Waals surface area contributed by atoms with Gasteiger partial charge < -0.3 is 15.4 Å². The van der Waals surface area contributed by atoms with E-state index in [0.717, 1.165) is 14.9 Å². The molecule has 0 spiro atoms. The lowest BCUT2D eigenvalue weighted by molar-refractivity contribution is -0.127. The van der Waals surface area contributed by atoms with Crippen molar-refractivity contribution in [1.29, 1.82) is 0 Å². The van der Waals surface area contributed by atoms with Crippen LogP contribution in [0.15, 0.2) is 52.6 Å². The zero-order valence-electron chi connectivity index (χ0n) is 16.9. The van der Waals surface area contributed by atoms with Crippen LogP contribution in [0.1, 0.15) is 25.0 Å². The molecule has 1 heterocycles. The zero-order chi connectivity index (χ0) is 21.8. The Morgan fingerprint density at radius 2 is 1.90 bits per heavy atom. The smallest absolute Gasteiger partial charge is 0.329 e. The molecule has 0 atom stereocenters. The van der Waals surface area contributed by atoms with Gasteiger partial charge in [0.15, 0.2) is 0 Å². The van der Waals surface area contributed by atoms with Gasteiger partial charge in [-0.3, -0.25) is 9.59 Å². The number of halogens is 1. The number of rotatable bonds is 6. The van der Waals surface area contributed by atoms with Crippen LogP contribution in [0.5, 0.6) is 5.75 Å². The molecule has 0 unspecified atom stereocenters. The van der Waals surface area contributed by atoms with E-state index >= 15 is 0 Å². The summed E-state index contributed by atoms with van der Waals surface area (Å²) in [5, 5.41) is 5.20. The van der Waals surface area contributed by atoms with E-state index in [1.807, 2.05) is 32.9 Å². The maximum absolute atomic E-state index is 12.6. The number of carbonyl (C=O) groups is 3. The van der Waals surface area contributed by atoms with E-state index in [1.54, 1.807) is 36.4 Å². The summed E-state index contributed by atoms with van der Waals surface area (Å²) in [5.74, 6) is -0.331. The van der Waals surface area contributed by atoms with Gasteiger partial charge in [-0.05, 0) is 72.6 Å². The first-order chi connectivity index (χ1) is 14.2. The van der Waals surface area contributed by atoms with Gasteiger partial charge in [-0.15, -0.1) is 0 Å². The molecular formula is C22H22BrN3O4. The summed E-state index contributed by atoms with van der Waals surface area (Å²) in [6, 6.07) is 12.0. The van der Waals surface area contributed by atoms with Crippen molar-refractivity contribution in [1.82, 2.24) is 10.2 Å². The van der Waals surface area contributed by atoms with Gasteiger partial charge in [-0.1, -0.05) is 23.8 Å². The normalized spacial score (nSPS) is 15.0. The number of urea groups is 1. The van der Waals surface area contributed by atoms with Gasteiger partial charge in [0, 0.05) is 5.69 Å². The molecule has 0 saturated carbocycles. The van der Waals surface area contributed by atoms with Crippen LogP contribution < -0.4 is 15.4 Å². The molecule has 156 valence electrons.